The number of carbonyl (C=O) groups is 2. The lowest BCUT2D eigenvalue weighted by molar-refractivity contribution is -0.136. The quantitative estimate of drug-likeness (QED) is 0.336. The number of aromatic nitrogens is 3. The van der Waals surface area contributed by atoms with Crippen molar-refractivity contribution >= 4 is 39.4 Å². The van der Waals surface area contributed by atoms with E-state index in [2.05, 4.69) is 25.9 Å². The van der Waals surface area contributed by atoms with Crippen LogP contribution in [0.3, 0.4) is 0 Å². The van der Waals surface area contributed by atoms with Gasteiger partial charge in [-0.05, 0) is 51.8 Å². The Morgan fingerprint density at radius 1 is 1.00 bits per heavy atom. The predicted molar refractivity (Wildman–Crippen MR) is 127 cm³/mol. The summed E-state index contributed by atoms with van der Waals surface area (Å²) < 4.78 is 9.98. The van der Waals surface area contributed by atoms with E-state index in [-0.39, 0.29) is 12.5 Å². The number of ether oxygens (including phenoxy) is 1. The number of H-pyrrole nitrogens is 1. The Kier molecular flexibility index (Phi) is 5.65. The number of fused-ring (bicyclic) bond motifs is 2. The van der Waals surface area contributed by atoms with E-state index in [0.717, 1.165) is 27.8 Å². The number of benzene rings is 3. The maximum Gasteiger partial charge on any atom is 0.313 e. The third kappa shape index (κ3) is 4.06. The fourth-order valence-corrected chi connectivity index (χ4v) is 3.99. The van der Waals surface area contributed by atoms with Crippen LogP contribution in [0, 0.1) is 0 Å². The lowest BCUT2D eigenvalue weighted by Crippen LogP contribution is -2.37. The van der Waals surface area contributed by atoms with Crippen LogP contribution >= 0.6 is 0 Å². The molecule has 0 radical (unpaired) electrons. The van der Waals surface area contributed by atoms with Crippen LogP contribution in [0.25, 0.3) is 21.9 Å². The highest BCUT2D eigenvalue weighted by atomic mass is 16.6. The molecule has 0 aliphatic heterocycles. The minimum Gasteiger partial charge on any atom is -0.497 e. The number of hydrogen-bond donors (Lipinski definition) is 3. The van der Waals surface area contributed by atoms with Crippen molar-refractivity contribution in [2.24, 2.45) is 0 Å². The number of nitrogens with zero attached hydrogens (tertiary/aromatic N) is 2. The normalized spacial score (nSPS) is 11.9. The van der Waals surface area contributed by atoms with E-state index in [0.29, 0.717) is 16.7 Å². The second-order valence-corrected chi connectivity index (χ2v) is 7.72. The summed E-state index contributed by atoms with van der Waals surface area (Å²) in [6.45, 7) is 0.218. The highest BCUT2D eigenvalue weighted by Gasteiger charge is 2.22. The van der Waals surface area contributed by atoms with Crippen molar-refractivity contribution in [1.29, 1.82) is 0 Å². The zero-order valence-corrected chi connectivity index (χ0v) is 18.2. The molecule has 5 rings (SSSR count). The maximum atomic E-state index is 12.7. The molecule has 34 heavy (non-hydrogen) atoms. The Hall–Kier alpha value is -4.66. The second kappa shape index (κ2) is 9.07. The van der Waals surface area contributed by atoms with Crippen LogP contribution in [0.2, 0.25) is 0 Å². The Labute approximate surface area is 194 Å². The van der Waals surface area contributed by atoms with E-state index in [1.165, 1.54) is 0 Å². The van der Waals surface area contributed by atoms with Gasteiger partial charge in [-0.3, -0.25) is 9.59 Å². The van der Waals surface area contributed by atoms with E-state index in [9.17, 15) is 9.59 Å². The van der Waals surface area contributed by atoms with Crippen molar-refractivity contribution < 1.29 is 19.0 Å². The summed E-state index contributed by atoms with van der Waals surface area (Å²) in [5, 5.41) is 13.9. The average Bonchev–Trinajstić information content (AvgIpc) is 3.52. The lowest BCUT2D eigenvalue weighted by atomic mass is 9.90. The zero-order chi connectivity index (χ0) is 23.5. The van der Waals surface area contributed by atoms with Crippen LogP contribution in [0.15, 0.2) is 77.6 Å². The van der Waals surface area contributed by atoms with E-state index in [1.54, 1.807) is 25.3 Å². The molecule has 0 aliphatic carbocycles. The van der Waals surface area contributed by atoms with E-state index < -0.39 is 11.8 Å². The van der Waals surface area contributed by atoms with Crippen LogP contribution in [0.4, 0.5) is 5.69 Å². The summed E-state index contributed by atoms with van der Waals surface area (Å²) in [7, 11) is 1.61. The first-order valence-corrected chi connectivity index (χ1v) is 10.6. The summed E-state index contributed by atoms with van der Waals surface area (Å²) in [4.78, 5) is 28.5. The van der Waals surface area contributed by atoms with Crippen LogP contribution in [-0.4, -0.2) is 40.8 Å². The molecule has 0 bridgehead atoms. The van der Waals surface area contributed by atoms with Gasteiger partial charge in [-0.2, -0.15) is 0 Å². The number of anilines is 1. The van der Waals surface area contributed by atoms with Gasteiger partial charge in [-0.25, -0.2) is 4.63 Å². The molecule has 2 heterocycles. The molecule has 0 saturated carbocycles. The van der Waals surface area contributed by atoms with Crippen LogP contribution in [-0.2, 0) is 9.59 Å². The molecule has 0 fully saturated rings. The van der Waals surface area contributed by atoms with Crippen molar-refractivity contribution in [3.8, 4) is 5.75 Å². The smallest absolute Gasteiger partial charge is 0.313 e. The minimum atomic E-state index is -0.803. The SMILES string of the molecule is COc1ccc(C(CNC(=O)C(=O)Nc2cccc3nonc23)c2c[nH]c3ccccc23)cc1. The number of para-hydroxylation sites is 1. The van der Waals surface area contributed by atoms with E-state index >= 15 is 0 Å². The first kappa shape index (κ1) is 21.2. The third-order valence-electron chi connectivity index (χ3n) is 5.72. The van der Waals surface area contributed by atoms with Gasteiger partial charge in [-0.15, -0.1) is 0 Å². The van der Waals surface area contributed by atoms with Crippen molar-refractivity contribution in [2.75, 3.05) is 19.0 Å². The van der Waals surface area contributed by atoms with Gasteiger partial charge >= 0.3 is 11.8 Å². The summed E-state index contributed by atoms with van der Waals surface area (Å²) in [5.41, 5.74) is 4.19. The first-order valence-electron chi connectivity index (χ1n) is 10.6. The van der Waals surface area contributed by atoms with Gasteiger partial charge in [0, 0.05) is 29.6 Å². The van der Waals surface area contributed by atoms with Crippen LogP contribution < -0.4 is 15.4 Å². The molecule has 3 N–H and O–H groups in total. The van der Waals surface area contributed by atoms with Crippen molar-refractivity contribution in [3.63, 3.8) is 0 Å². The topological polar surface area (TPSA) is 122 Å². The number of aromatic amines is 1. The molecule has 1 atom stereocenters. The number of nitrogens with one attached hydrogen (secondary N) is 3. The fourth-order valence-electron chi connectivity index (χ4n) is 3.99. The van der Waals surface area contributed by atoms with E-state index in [1.807, 2.05) is 54.7 Å². The number of hydrogen-bond acceptors (Lipinski definition) is 6. The number of carbonyl (C=O) groups excluding carboxylic acids is 2. The van der Waals surface area contributed by atoms with Crippen molar-refractivity contribution in [1.82, 2.24) is 20.6 Å². The lowest BCUT2D eigenvalue weighted by Gasteiger charge is -2.18. The van der Waals surface area contributed by atoms with Crippen LogP contribution in [0.5, 0.6) is 5.75 Å². The highest BCUT2D eigenvalue weighted by molar-refractivity contribution is 6.40. The molecule has 1 unspecified atom stereocenters. The average molecular weight is 455 g/mol. The molecule has 9 heteroatoms. The summed E-state index contributed by atoms with van der Waals surface area (Å²) in [6.07, 6.45) is 1.93. The van der Waals surface area contributed by atoms with Gasteiger partial charge in [-0.1, -0.05) is 36.4 Å². The van der Waals surface area contributed by atoms with Gasteiger partial charge in [0.2, 0.25) is 0 Å². The third-order valence-corrected chi connectivity index (χ3v) is 5.72. The molecular weight excluding hydrogens is 434 g/mol. The standard InChI is InChI=1S/C25H21N5O4/c1-33-16-11-9-15(10-12-16)18(19-14-26-20-6-3-2-5-17(19)20)13-27-24(31)25(32)28-21-7-4-8-22-23(21)30-34-29-22/h2-12,14,18,26H,13H2,1H3,(H,27,31)(H,28,32). The predicted octanol–water partition coefficient (Wildman–Crippen LogP) is 3.60. The van der Waals surface area contributed by atoms with Gasteiger partial charge < -0.3 is 20.4 Å². The van der Waals surface area contributed by atoms with Gasteiger partial charge in [0.05, 0.1) is 12.8 Å². The summed E-state index contributed by atoms with van der Waals surface area (Å²) in [6, 6.07) is 20.6. The molecular formula is C25H21N5O4. The molecule has 3 aromatic carbocycles. The number of rotatable bonds is 6. The number of amides is 2. The van der Waals surface area contributed by atoms with Gasteiger partial charge in [0.15, 0.2) is 5.52 Å². The zero-order valence-electron chi connectivity index (χ0n) is 18.2. The molecule has 0 saturated heterocycles. The number of methoxy groups -OCH3 is 1. The molecule has 9 nitrogen and oxygen atoms in total. The molecule has 2 aromatic heterocycles. The van der Waals surface area contributed by atoms with E-state index in [4.69, 9.17) is 9.37 Å². The Balaban J connectivity index is 1.37. The summed E-state index contributed by atoms with van der Waals surface area (Å²) >= 11 is 0. The van der Waals surface area contributed by atoms with Crippen molar-refractivity contribution in [3.05, 3.63) is 84.1 Å². The minimum absolute atomic E-state index is 0.193. The Morgan fingerprint density at radius 2 is 1.82 bits per heavy atom. The molecule has 2 amide bonds. The molecule has 0 spiro atoms. The van der Waals surface area contributed by atoms with Crippen LogP contribution in [0.1, 0.15) is 17.0 Å². The van der Waals surface area contributed by atoms with Gasteiger partial charge in [0.1, 0.15) is 11.3 Å². The highest BCUT2D eigenvalue weighted by Crippen LogP contribution is 2.31. The largest absolute Gasteiger partial charge is 0.497 e. The van der Waals surface area contributed by atoms with Crippen molar-refractivity contribution in [2.45, 2.75) is 5.92 Å². The summed E-state index contributed by atoms with van der Waals surface area (Å²) in [5.74, 6) is -1.02. The molecule has 5 aromatic rings. The Bertz CT molecular complexity index is 1470. The second-order valence-electron chi connectivity index (χ2n) is 7.72. The molecule has 0 aliphatic rings. The Morgan fingerprint density at radius 3 is 2.65 bits per heavy atom. The monoisotopic (exact) mass is 455 g/mol. The van der Waals surface area contributed by atoms with Gasteiger partial charge in [0.25, 0.3) is 0 Å². The maximum absolute atomic E-state index is 12.7. The fraction of sp³-hybridized carbons (Fsp3) is 0.120. The molecule has 170 valence electrons. The first-order chi connectivity index (χ1) is 16.6.